The van der Waals surface area contributed by atoms with Crippen molar-refractivity contribution in [2.24, 2.45) is 22.7 Å². The molecule has 36 heavy (non-hydrogen) atoms. The first-order chi connectivity index (χ1) is 17.5. The van der Waals surface area contributed by atoms with E-state index in [1.54, 1.807) is 0 Å². The number of likely N-dealkylation sites (tertiary alicyclic amines) is 1. The van der Waals surface area contributed by atoms with Crippen LogP contribution in [-0.4, -0.2) is 50.8 Å². The molecule has 1 aliphatic carbocycles. The van der Waals surface area contributed by atoms with Gasteiger partial charge in [-0.2, -0.15) is 0 Å². The minimum atomic E-state index is 0.269. The molecule has 0 radical (unpaired) electrons. The van der Waals surface area contributed by atoms with Crippen LogP contribution >= 0.6 is 0 Å². The lowest BCUT2D eigenvalue weighted by Crippen LogP contribution is -2.45. The zero-order valence-electron chi connectivity index (χ0n) is 21.9. The lowest BCUT2D eigenvalue weighted by atomic mass is 9.92. The van der Waals surface area contributed by atoms with Crippen LogP contribution in [0.15, 0.2) is 48.2 Å². The number of nitrogens with one attached hydrogen (secondary N) is 1. The van der Waals surface area contributed by atoms with Gasteiger partial charge in [0.1, 0.15) is 5.65 Å². The molecular formula is C30H38N6. The summed E-state index contributed by atoms with van der Waals surface area (Å²) in [5.74, 6) is 1.84. The van der Waals surface area contributed by atoms with E-state index in [1.165, 1.54) is 36.8 Å². The third kappa shape index (κ3) is 4.47. The van der Waals surface area contributed by atoms with E-state index in [0.29, 0.717) is 6.04 Å². The number of hydrogen-bond acceptors (Lipinski definition) is 5. The Morgan fingerprint density at radius 1 is 1.19 bits per heavy atom. The molecule has 6 nitrogen and oxygen atoms in total. The van der Waals surface area contributed by atoms with Crippen LogP contribution in [-0.2, 0) is 6.54 Å². The van der Waals surface area contributed by atoms with Gasteiger partial charge in [0.2, 0.25) is 0 Å². The van der Waals surface area contributed by atoms with E-state index in [0.717, 1.165) is 72.0 Å². The lowest BCUT2D eigenvalue weighted by Gasteiger charge is -2.37. The van der Waals surface area contributed by atoms with Gasteiger partial charge in [0, 0.05) is 54.7 Å². The summed E-state index contributed by atoms with van der Waals surface area (Å²) >= 11 is 0. The van der Waals surface area contributed by atoms with Crippen molar-refractivity contribution in [3.05, 3.63) is 60.2 Å². The third-order valence-electron chi connectivity index (χ3n) is 8.30. The van der Waals surface area contributed by atoms with Gasteiger partial charge in [-0.3, -0.25) is 4.98 Å². The molecule has 188 valence electrons. The molecule has 2 saturated heterocycles. The van der Waals surface area contributed by atoms with Crippen molar-refractivity contribution in [3.8, 4) is 0 Å². The first-order valence-corrected chi connectivity index (χ1v) is 13.7. The summed E-state index contributed by atoms with van der Waals surface area (Å²) in [5.41, 5.74) is 7.35. The van der Waals surface area contributed by atoms with E-state index in [9.17, 15) is 0 Å². The van der Waals surface area contributed by atoms with Crippen LogP contribution in [0.4, 0.5) is 5.69 Å². The highest BCUT2D eigenvalue weighted by Gasteiger charge is 2.33. The molecule has 3 aliphatic rings. The smallest absolute Gasteiger partial charge is 0.140 e. The number of nitrogens with zero attached hydrogens (tertiary/aromatic N) is 5. The standard InChI is InChI=1S/C30H38N6/c1-19(2)29(28-15-24-6-5-11-32-30(24)36(28)17-22-7-8-22)34-26-14-25(16-33-20(26)3)21(4)35-13-10-23-9-12-31-27(23)18-35/h5-6,11,14-16,19,22-23,27,31H,4,7-10,12-13,17-18H2,1-3H3/b34-29+/t23-,27+/m1/s1. The minimum absolute atomic E-state index is 0.269. The molecular weight excluding hydrogens is 444 g/mol. The van der Waals surface area contributed by atoms with E-state index in [1.807, 2.05) is 18.5 Å². The van der Waals surface area contributed by atoms with Crippen molar-refractivity contribution in [1.82, 2.24) is 24.8 Å². The van der Waals surface area contributed by atoms with Crippen LogP contribution in [0.5, 0.6) is 0 Å². The molecule has 2 aliphatic heterocycles. The number of hydrogen-bond donors (Lipinski definition) is 1. The maximum atomic E-state index is 5.29. The van der Waals surface area contributed by atoms with Crippen LogP contribution in [0.2, 0.25) is 0 Å². The molecule has 0 unspecified atom stereocenters. The summed E-state index contributed by atoms with van der Waals surface area (Å²) in [5, 5.41) is 4.86. The van der Waals surface area contributed by atoms with Gasteiger partial charge in [-0.25, -0.2) is 9.98 Å². The Kier molecular flexibility index (Phi) is 6.16. The van der Waals surface area contributed by atoms with E-state index in [-0.39, 0.29) is 5.92 Å². The third-order valence-corrected chi connectivity index (χ3v) is 8.30. The Hall–Kier alpha value is -2.99. The molecule has 2 atom stereocenters. The average molecular weight is 483 g/mol. The van der Waals surface area contributed by atoms with Gasteiger partial charge in [-0.05, 0) is 81.2 Å². The molecule has 0 aromatic carbocycles. The Balaban J connectivity index is 1.35. The van der Waals surface area contributed by atoms with E-state index in [2.05, 4.69) is 60.3 Å². The highest BCUT2D eigenvalue weighted by molar-refractivity contribution is 6.05. The SMILES string of the molecule is C=C(c1cnc(C)c(/N=C(/c2cc3cccnc3n2CC2CC2)C(C)C)c1)N1CC[C@H]2CCN[C@H]2C1. The maximum absolute atomic E-state index is 5.29. The number of piperidine rings is 1. The Bertz CT molecular complexity index is 1310. The number of pyridine rings is 2. The number of fused-ring (bicyclic) bond motifs is 2. The second kappa shape index (κ2) is 9.47. The average Bonchev–Trinajstić information content (AvgIpc) is 3.45. The molecule has 1 N–H and O–H groups in total. The Morgan fingerprint density at radius 2 is 2.06 bits per heavy atom. The molecule has 0 amide bonds. The second-order valence-electron chi connectivity index (χ2n) is 11.3. The number of aromatic nitrogens is 3. The topological polar surface area (TPSA) is 58.3 Å². The zero-order valence-corrected chi connectivity index (χ0v) is 21.9. The van der Waals surface area contributed by atoms with Crippen LogP contribution in [0.1, 0.15) is 56.5 Å². The van der Waals surface area contributed by atoms with Gasteiger partial charge in [0.05, 0.1) is 22.8 Å². The van der Waals surface area contributed by atoms with Crippen molar-refractivity contribution < 1.29 is 0 Å². The molecule has 6 rings (SSSR count). The van der Waals surface area contributed by atoms with Crippen LogP contribution < -0.4 is 5.32 Å². The first-order valence-electron chi connectivity index (χ1n) is 13.7. The van der Waals surface area contributed by atoms with Gasteiger partial charge in [0.15, 0.2) is 0 Å². The molecule has 3 fully saturated rings. The normalized spacial score (nSPS) is 22.4. The van der Waals surface area contributed by atoms with Gasteiger partial charge in [0.25, 0.3) is 0 Å². The largest absolute Gasteiger partial charge is 0.370 e. The highest BCUT2D eigenvalue weighted by Crippen LogP contribution is 2.35. The summed E-state index contributed by atoms with van der Waals surface area (Å²) in [6, 6.07) is 9.22. The number of rotatable bonds is 7. The van der Waals surface area contributed by atoms with E-state index >= 15 is 0 Å². The molecule has 0 spiro atoms. The van der Waals surface area contributed by atoms with Crippen LogP contribution in [0.25, 0.3) is 16.7 Å². The number of aliphatic imine (C=N–C) groups is 1. The minimum Gasteiger partial charge on any atom is -0.370 e. The lowest BCUT2D eigenvalue weighted by molar-refractivity contribution is 0.231. The van der Waals surface area contributed by atoms with Crippen LogP contribution in [0, 0.1) is 24.7 Å². The fourth-order valence-electron chi connectivity index (χ4n) is 5.91. The number of aryl methyl sites for hydroxylation is 1. The molecule has 3 aromatic rings. The Labute approximate surface area is 214 Å². The summed E-state index contributed by atoms with van der Waals surface area (Å²) in [7, 11) is 0. The van der Waals surface area contributed by atoms with Crippen molar-refractivity contribution in [2.75, 3.05) is 19.6 Å². The zero-order chi connectivity index (χ0) is 24.8. The van der Waals surface area contributed by atoms with Gasteiger partial charge in [-0.1, -0.05) is 20.4 Å². The van der Waals surface area contributed by atoms with Gasteiger partial charge >= 0.3 is 0 Å². The fraction of sp³-hybridized carbons (Fsp3) is 0.500. The Morgan fingerprint density at radius 3 is 2.86 bits per heavy atom. The van der Waals surface area contributed by atoms with Crippen molar-refractivity contribution in [2.45, 2.75) is 59.0 Å². The molecule has 6 heteroatoms. The van der Waals surface area contributed by atoms with Crippen molar-refractivity contribution in [3.63, 3.8) is 0 Å². The summed E-state index contributed by atoms with van der Waals surface area (Å²) in [6.07, 6.45) is 9.02. The summed E-state index contributed by atoms with van der Waals surface area (Å²) < 4.78 is 2.40. The van der Waals surface area contributed by atoms with Crippen LogP contribution in [0.3, 0.4) is 0 Å². The van der Waals surface area contributed by atoms with E-state index in [4.69, 9.17) is 15.0 Å². The predicted octanol–water partition coefficient (Wildman–Crippen LogP) is 5.58. The first kappa shape index (κ1) is 23.4. The van der Waals surface area contributed by atoms with Crippen molar-refractivity contribution >= 4 is 28.1 Å². The highest BCUT2D eigenvalue weighted by atomic mass is 15.2. The van der Waals surface area contributed by atoms with Gasteiger partial charge < -0.3 is 14.8 Å². The molecule has 0 bridgehead atoms. The molecule has 1 saturated carbocycles. The second-order valence-corrected chi connectivity index (χ2v) is 11.3. The van der Waals surface area contributed by atoms with E-state index < -0.39 is 0 Å². The van der Waals surface area contributed by atoms with Gasteiger partial charge in [-0.15, -0.1) is 0 Å². The fourth-order valence-corrected chi connectivity index (χ4v) is 5.91. The quantitative estimate of drug-likeness (QED) is 0.447. The maximum Gasteiger partial charge on any atom is 0.140 e. The monoisotopic (exact) mass is 482 g/mol. The predicted molar refractivity (Wildman–Crippen MR) is 148 cm³/mol. The molecule has 3 aromatic heterocycles. The molecule has 5 heterocycles. The summed E-state index contributed by atoms with van der Waals surface area (Å²) in [4.78, 5) is 17.2. The summed E-state index contributed by atoms with van der Waals surface area (Å²) in [6.45, 7) is 15.3. The van der Waals surface area contributed by atoms with Crippen molar-refractivity contribution in [1.29, 1.82) is 0 Å².